The number of ether oxygens (including phenoxy) is 2. The van der Waals surface area contributed by atoms with E-state index in [1.165, 1.54) is 25.3 Å². The number of halogens is 1. The molecular formula is C16H12ClN3O5. The molecule has 0 bridgehead atoms. The van der Waals surface area contributed by atoms with Crippen LogP contribution < -0.4 is 4.74 Å². The first-order chi connectivity index (χ1) is 12.0. The molecule has 0 atom stereocenters. The van der Waals surface area contributed by atoms with Crippen LogP contribution in [0.4, 0.5) is 5.69 Å². The highest BCUT2D eigenvalue weighted by Crippen LogP contribution is 2.30. The van der Waals surface area contributed by atoms with Crippen molar-refractivity contribution in [2.45, 2.75) is 6.61 Å². The minimum absolute atomic E-state index is 0.00916. The fourth-order valence-electron chi connectivity index (χ4n) is 2.31. The van der Waals surface area contributed by atoms with Crippen LogP contribution >= 0.6 is 11.6 Å². The van der Waals surface area contributed by atoms with Crippen molar-refractivity contribution < 1.29 is 19.2 Å². The van der Waals surface area contributed by atoms with Crippen LogP contribution in [0.5, 0.6) is 5.75 Å². The van der Waals surface area contributed by atoms with E-state index in [1.807, 2.05) is 0 Å². The van der Waals surface area contributed by atoms with E-state index in [2.05, 4.69) is 4.98 Å². The van der Waals surface area contributed by atoms with E-state index < -0.39 is 10.9 Å². The number of imidazole rings is 1. The van der Waals surface area contributed by atoms with E-state index in [0.717, 1.165) is 0 Å². The zero-order chi connectivity index (χ0) is 18.0. The van der Waals surface area contributed by atoms with E-state index in [9.17, 15) is 14.9 Å². The Labute approximate surface area is 146 Å². The summed E-state index contributed by atoms with van der Waals surface area (Å²) in [6.45, 7) is -0.00916. The number of methoxy groups -OCH3 is 1. The van der Waals surface area contributed by atoms with Gasteiger partial charge >= 0.3 is 11.7 Å². The van der Waals surface area contributed by atoms with E-state index in [1.54, 1.807) is 28.9 Å². The van der Waals surface area contributed by atoms with Gasteiger partial charge in [-0.15, -0.1) is 0 Å². The van der Waals surface area contributed by atoms with Gasteiger partial charge in [0, 0.05) is 23.5 Å². The number of rotatable bonds is 5. The number of nitro benzene ring substituents is 1. The molecule has 0 radical (unpaired) electrons. The van der Waals surface area contributed by atoms with Gasteiger partial charge in [0.25, 0.3) is 0 Å². The van der Waals surface area contributed by atoms with Gasteiger partial charge in [-0.2, -0.15) is 0 Å². The van der Waals surface area contributed by atoms with Crippen LogP contribution in [0.1, 0.15) is 16.1 Å². The fraction of sp³-hybridized carbons (Fsp3) is 0.125. The van der Waals surface area contributed by atoms with Crippen molar-refractivity contribution in [1.29, 1.82) is 0 Å². The summed E-state index contributed by atoms with van der Waals surface area (Å²) in [6, 6.07) is 7.44. The van der Waals surface area contributed by atoms with Crippen molar-refractivity contribution in [3.8, 4) is 5.75 Å². The molecule has 2 aromatic heterocycles. The fourth-order valence-corrected chi connectivity index (χ4v) is 2.48. The van der Waals surface area contributed by atoms with E-state index in [4.69, 9.17) is 21.1 Å². The largest absolute Gasteiger partial charge is 0.480 e. The zero-order valence-corrected chi connectivity index (χ0v) is 13.8. The summed E-state index contributed by atoms with van der Waals surface area (Å²) in [7, 11) is 1.29. The molecule has 2 heterocycles. The topological polar surface area (TPSA) is 96.0 Å². The van der Waals surface area contributed by atoms with Gasteiger partial charge in [0.1, 0.15) is 12.2 Å². The molecule has 1 aromatic carbocycles. The van der Waals surface area contributed by atoms with Gasteiger partial charge in [-0.25, -0.2) is 9.78 Å². The first-order valence-corrected chi connectivity index (χ1v) is 7.49. The van der Waals surface area contributed by atoms with Gasteiger partial charge < -0.3 is 13.9 Å². The molecule has 0 amide bonds. The number of fused-ring (bicyclic) bond motifs is 1. The minimum Gasteiger partial charge on any atom is -0.480 e. The van der Waals surface area contributed by atoms with E-state index >= 15 is 0 Å². The molecule has 0 saturated carbocycles. The van der Waals surface area contributed by atoms with Crippen molar-refractivity contribution in [3.63, 3.8) is 0 Å². The van der Waals surface area contributed by atoms with Gasteiger partial charge in [0.2, 0.25) is 0 Å². The number of nitrogens with zero attached hydrogens (tertiary/aromatic N) is 3. The van der Waals surface area contributed by atoms with Gasteiger partial charge in [-0.1, -0.05) is 11.6 Å². The second-order valence-electron chi connectivity index (χ2n) is 5.03. The molecule has 0 saturated heterocycles. The van der Waals surface area contributed by atoms with Gasteiger partial charge in [-0.05, 0) is 24.3 Å². The Kier molecular flexibility index (Phi) is 4.53. The standard InChI is InChI=1S/C16H12ClN3O5/c1-24-16(21)12-3-2-6-19-8-11(18-15(12)19)9-25-14-5-4-10(17)7-13(14)20(22)23/h2-8H,9H2,1H3. The number of pyridine rings is 1. The Morgan fingerprint density at radius 2 is 2.20 bits per heavy atom. The second-order valence-corrected chi connectivity index (χ2v) is 5.47. The Morgan fingerprint density at radius 1 is 1.40 bits per heavy atom. The molecule has 3 rings (SSSR count). The summed E-state index contributed by atoms with van der Waals surface area (Å²) in [5.74, 6) is -0.420. The number of hydrogen-bond acceptors (Lipinski definition) is 6. The molecule has 0 unspecified atom stereocenters. The first kappa shape index (κ1) is 16.7. The Hall–Kier alpha value is -3.13. The molecule has 25 heavy (non-hydrogen) atoms. The summed E-state index contributed by atoms with van der Waals surface area (Å²) >= 11 is 5.77. The number of hydrogen-bond donors (Lipinski definition) is 0. The monoisotopic (exact) mass is 361 g/mol. The predicted octanol–water partition coefficient (Wildman–Crippen LogP) is 3.26. The maximum atomic E-state index is 11.8. The summed E-state index contributed by atoms with van der Waals surface area (Å²) in [4.78, 5) is 26.6. The molecule has 0 N–H and O–H groups in total. The summed E-state index contributed by atoms with van der Waals surface area (Å²) in [5.41, 5.74) is 0.999. The average molecular weight is 362 g/mol. The SMILES string of the molecule is COC(=O)c1cccn2cc(COc3ccc(Cl)cc3[N+](=O)[O-])nc12. The molecule has 128 valence electrons. The maximum Gasteiger partial charge on any atom is 0.341 e. The third-order valence-corrected chi connectivity index (χ3v) is 3.67. The van der Waals surface area contributed by atoms with Crippen molar-refractivity contribution in [2.24, 2.45) is 0 Å². The normalized spacial score (nSPS) is 10.6. The van der Waals surface area contributed by atoms with Crippen molar-refractivity contribution >= 4 is 28.9 Å². The number of carbonyl (C=O) groups is 1. The minimum atomic E-state index is -0.569. The van der Waals surface area contributed by atoms with Crippen LogP contribution in [0.25, 0.3) is 5.65 Å². The lowest BCUT2D eigenvalue weighted by Crippen LogP contribution is -2.03. The van der Waals surface area contributed by atoms with Crippen molar-refractivity contribution in [3.05, 3.63) is 69.1 Å². The molecule has 3 aromatic rings. The van der Waals surface area contributed by atoms with Crippen molar-refractivity contribution in [1.82, 2.24) is 9.38 Å². The van der Waals surface area contributed by atoms with Crippen molar-refractivity contribution in [2.75, 3.05) is 7.11 Å². The summed E-state index contributed by atoms with van der Waals surface area (Å²) < 4.78 is 11.9. The molecule has 9 heteroatoms. The maximum absolute atomic E-state index is 11.8. The lowest BCUT2D eigenvalue weighted by atomic mass is 10.3. The lowest BCUT2D eigenvalue weighted by Gasteiger charge is -2.05. The van der Waals surface area contributed by atoms with Crippen LogP contribution in [0.3, 0.4) is 0 Å². The number of benzene rings is 1. The Bertz CT molecular complexity index is 970. The van der Waals surface area contributed by atoms with Crippen LogP contribution in [0, 0.1) is 10.1 Å². The quantitative estimate of drug-likeness (QED) is 0.393. The van der Waals surface area contributed by atoms with Gasteiger partial charge in [0.05, 0.1) is 17.7 Å². The van der Waals surface area contributed by atoms with Crippen LogP contribution in [0.15, 0.2) is 42.7 Å². The van der Waals surface area contributed by atoms with Gasteiger partial charge in [0.15, 0.2) is 11.4 Å². The highest BCUT2D eigenvalue weighted by atomic mass is 35.5. The summed E-state index contributed by atoms with van der Waals surface area (Å²) in [6.07, 6.45) is 3.40. The predicted molar refractivity (Wildman–Crippen MR) is 89.0 cm³/mol. The molecule has 0 spiro atoms. The third kappa shape index (κ3) is 3.38. The van der Waals surface area contributed by atoms with E-state index in [0.29, 0.717) is 16.9 Å². The molecule has 0 aliphatic carbocycles. The molecule has 8 nitrogen and oxygen atoms in total. The van der Waals surface area contributed by atoms with E-state index in [-0.39, 0.29) is 23.1 Å². The highest BCUT2D eigenvalue weighted by molar-refractivity contribution is 6.30. The van der Waals surface area contributed by atoms with Crippen LogP contribution in [-0.4, -0.2) is 27.4 Å². The zero-order valence-electron chi connectivity index (χ0n) is 13.0. The average Bonchev–Trinajstić information content (AvgIpc) is 3.02. The summed E-state index contributed by atoms with van der Waals surface area (Å²) in [5, 5.41) is 11.3. The number of nitro groups is 1. The lowest BCUT2D eigenvalue weighted by molar-refractivity contribution is -0.385. The Morgan fingerprint density at radius 3 is 2.92 bits per heavy atom. The first-order valence-electron chi connectivity index (χ1n) is 7.11. The Balaban J connectivity index is 1.88. The smallest absolute Gasteiger partial charge is 0.341 e. The van der Waals surface area contributed by atoms with Crippen LogP contribution in [0.2, 0.25) is 5.02 Å². The second kappa shape index (κ2) is 6.78. The number of esters is 1. The molecular weight excluding hydrogens is 350 g/mol. The van der Waals surface area contributed by atoms with Gasteiger partial charge in [-0.3, -0.25) is 10.1 Å². The number of aromatic nitrogens is 2. The molecule has 0 aliphatic rings. The molecule has 0 aliphatic heterocycles. The number of carbonyl (C=O) groups excluding carboxylic acids is 1. The van der Waals surface area contributed by atoms with Crippen LogP contribution in [-0.2, 0) is 11.3 Å². The molecule has 0 fully saturated rings. The highest BCUT2D eigenvalue weighted by Gasteiger charge is 2.17. The third-order valence-electron chi connectivity index (χ3n) is 3.43.